The van der Waals surface area contributed by atoms with Crippen molar-refractivity contribution in [1.29, 1.82) is 0 Å². The first-order valence-corrected chi connectivity index (χ1v) is 11.8. The molecule has 3 aromatic rings. The lowest BCUT2D eigenvalue weighted by atomic mass is 9.88. The van der Waals surface area contributed by atoms with E-state index < -0.39 is 0 Å². The van der Waals surface area contributed by atoms with Crippen LogP contribution in [0.1, 0.15) is 53.1 Å². The first-order valence-electron chi connectivity index (χ1n) is 11.8. The number of carbonyl (C=O) groups excluding carboxylic acids is 2. The van der Waals surface area contributed by atoms with Gasteiger partial charge in [-0.25, -0.2) is 0 Å². The number of H-pyrrole nitrogens is 1. The fraction of sp³-hybridized carbons (Fsp3) is 0.407. The standard InChI is InChI=1S/C27H31N3O2/c1-19-8-10-21(11-9-19)26(31)30-14-4-5-22(18-30)27(32)29-15-12-20(13-16-29)24-17-28-25-7-3-2-6-23(24)25/h2-3,6-11,17,20,22,28H,4-5,12-16,18H2,1H3/t22-/m0/s1. The third kappa shape index (κ3) is 4.04. The molecule has 0 radical (unpaired) electrons. The Hall–Kier alpha value is -3.08. The summed E-state index contributed by atoms with van der Waals surface area (Å²) in [5, 5.41) is 1.30. The number of para-hydroxylation sites is 1. The van der Waals surface area contributed by atoms with Gasteiger partial charge in [0.2, 0.25) is 5.91 Å². The Morgan fingerprint density at radius 3 is 2.44 bits per heavy atom. The number of piperidine rings is 2. The van der Waals surface area contributed by atoms with Gasteiger partial charge in [0, 0.05) is 48.8 Å². The Morgan fingerprint density at radius 1 is 0.906 bits per heavy atom. The predicted octanol–water partition coefficient (Wildman–Crippen LogP) is 4.73. The summed E-state index contributed by atoms with van der Waals surface area (Å²) in [6.07, 6.45) is 5.89. The summed E-state index contributed by atoms with van der Waals surface area (Å²) in [5.41, 5.74) is 4.41. The van der Waals surface area contributed by atoms with Gasteiger partial charge in [0.05, 0.1) is 5.92 Å². The molecular weight excluding hydrogens is 398 g/mol. The zero-order valence-electron chi connectivity index (χ0n) is 18.7. The second kappa shape index (κ2) is 8.81. The van der Waals surface area contributed by atoms with Crippen molar-refractivity contribution in [3.63, 3.8) is 0 Å². The third-order valence-electron chi connectivity index (χ3n) is 7.22. The average Bonchev–Trinajstić information content (AvgIpc) is 3.28. The van der Waals surface area contributed by atoms with Gasteiger partial charge in [0.1, 0.15) is 0 Å². The van der Waals surface area contributed by atoms with Crippen molar-refractivity contribution in [2.45, 2.75) is 38.5 Å². The van der Waals surface area contributed by atoms with Gasteiger partial charge in [0.25, 0.3) is 5.91 Å². The van der Waals surface area contributed by atoms with Crippen LogP contribution >= 0.6 is 0 Å². The van der Waals surface area contributed by atoms with E-state index in [0.29, 0.717) is 18.0 Å². The molecule has 3 heterocycles. The Labute approximate surface area is 189 Å². The number of nitrogens with zero attached hydrogens (tertiary/aromatic N) is 2. The van der Waals surface area contributed by atoms with Crippen LogP contribution in [0.15, 0.2) is 54.7 Å². The van der Waals surface area contributed by atoms with E-state index in [2.05, 4.69) is 35.4 Å². The van der Waals surface area contributed by atoms with Crippen LogP contribution in [0.3, 0.4) is 0 Å². The zero-order chi connectivity index (χ0) is 22.1. The molecule has 2 aliphatic heterocycles. The van der Waals surface area contributed by atoms with Crippen molar-refractivity contribution < 1.29 is 9.59 Å². The average molecular weight is 430 g/mol. The molecule has 0 unspecified atom stereocenters. The molecule has 2 fully saturated rings. The molecule has 0 bridgehead atoms. The molecule has 166 valence electrons. The number of carbonyl (C=O) groups is 2. The largest absolute Gasteiger partial charge is 0.361 e. The minimum absolute atomic E-state index is 0.0422. The molecule has 32 heavy (non-hydrogen) atoms. The number of aryl methyl sites for hydroxylation is 1. The van der Waals surface area contributed by atoms with E-state index in [1.807, 2.05) is 41.0 Å². The summed E-state index contributed by atoms with van der Waals surface area (Å²) in [7, 11) is 0. The molecule has 0 aliphatic carbocycles. The SMILES string of the molecule is Cc1ccc(C(=O)N2CCC[C@H](C(=O)N3CCC(c4c[nH]c5ccccc45)CC3)C2)cc1. The van der Waals surface area contributed by atoms with E-state index in [9.17, 15) is 9.59 Å². The summed E-state index contributed by atoms with van der Waals surface area (Å²) in [6.45, 7) is 4.88. The van der Waals surface area contributed by atoms with E-state index in [1.165, 1.54) is 16.5 Å². The molecule has 2 saturated heterocycles. The number of hydrogen-bond acceptors (Lipinski definition) is 2. The summed E-state index contributed by atoms with van der Waals surface area (Å²) >= 11 is 0. The van der Waals surface area contributed by atoms with Crippen molar-refractivity contribution in [3.05, 3.63) is 71.4 Å². The molecule has 5 rings (SSSR count). The number of likely N-dealkylation sites (tertiary alicyclic amines) is 2. The maximum atomic E-state index is 13.3. The lowest BCUT2D eigenvalue weighted by Gasteiger charge is -2.38. The van der Waals surface area contributed by atoms with Gasteiger partial charge in [-0.05, 0) is 62.3 Å². The van der Waals surface area contributed by atoms with Crippen molar-refractivity contribution in [2.75, 3.05) is 26.2 Å². The molecule has 5 nitrogen and oxygen atoms in total. The summed E-state index contributed by atoms with van der Waals surface area (Å²) in [5.74, 6) is 0.674. The minimum atomic E-state index is -0.0808. The Bertz CT molecular complexity index is 1110. The lowest BCUT2D eigenvalue weighted by Crippen LogP contribution is -2.48. The molecule has 2 amide bonds. The van der Waals surface area contributed by atoms with Crippen molar-refractivity contribution >= 4 is 22.7 Å². The van der Waals surface area contributed by atoms with E-state index in [4.69, 9.17) is 0 Å². The number of aromatic amines is 1. The molecule has 1 atom stereocenters. The second-order valence-electron chi connectivity index (χ2n) is 9.35. The first-order chi connectivity index (χ1) is 15.6. The molecule has 1 aromatic heterocycles. The summed E-state index contributed by atoms with van der Waals surface area (Å²) < 4.78 is 0. The highest BCUT2D eigenvalue weighted by Gasteiger charge is 2.33. The molecule has 0 spiro atoms. The molecule has 0 saturated carbocycles. The molecule has 5 heteroatoms. The maximum absolute atomic E-state index is 13.3. The fourth-order valence-electron chi connectivity index (χ4n) is 5.34. The predicted molar refractivity (Wildman–Crippen MR) is 127 cm³/mol. The van der Waals surface area contributed by atoms with Crippen LogP contribution in [-0.4, -0.2) is 52.8 Å². The fourth-order valence-corrected chi connectivity index (χ4v) is 5.34. The van der Waals surface area contributed by atoms with Gasteiger partial charge in [-0.15, -0.1) is 0 Å². The van der Waals surface area contributed by atoms with E-state index in [0.717, 1.165) is 50.9 Å². The highest BCUT2D eigenvalue weighted by atomic mass is 16.2. The Kier molecular flexibility index (Phi) is 5.73. The monoisotopic (exact) mass is 429 g/mol. The highest BCUT2D eigenvalue weighted by Crippen LogP contribution is 2.34. The van der Waals surface area contributed by atoms with Crippen LogP contribution in [0.4, 0.5) is 0 Å². The van der Waals surface area contributed by atoms with E-state index in [1.54, 1.807) is 0 Å². The van der Waals surface area contributed by atoms with Gasteiger partial charge < -0.3 is 14.8 Å². The van der Waals surface area contributed by atoms with Crippen molar-refractivity contribution in [3.8, 4) is 0 Å². The topological polar surface area (TPSA) is 56.4 Å². The van der Waals surface area contributed by atoms with Crippen molar-refractivity contribution in [2.24, 2.45) is 5.92 Å². The minimum Gasteiger partial charge on any atom is -0.361 e. The van der Waals surface area contributed by atoms with Crippen LogP contribution < -0.4 is 0 Å². The number of benzene rings is 2. The number of amides is 2. The van der Waals surface area contributed by atoms with Gasteiger partial charge in [-0.2, -0.15) is 0 Å². The summed E-state index contributed by atoms with van der Waals surface area (Å²) in [6, 6.07) is 16.2. The first kappa shape index (κ1) is 20.8. The van der Waals surface area contributed by atoms with Gasteiger partial charge in [-0.1, -0.05) is 35.9 Å². The Balaban J connectivity index is 1.20. The van der Waals surface area contributed by atoms with Crippen LogP contribution in [-0.2, 0) is 4.79 Å². The van der Waals surface area contributed by atoms with E-state index in [-0.39, 0.29) is 17.7 Å². The normalized spacial score (nSPS) is 20.0. The molecular formula is C27H31N3O2. The number of aromatic nitrogens is 1. The maximum Gasteiger partial charge on any atom is 0.253 e. The number of hydrogen-bond donors (Lipinski definition) is 1. The van der Waals surface area contributed by atoms with Crippen LogP contribution in [0.2, 0.25) is 0 Å². The number of nitrogens with one attached hydrogen (secondary N) is 1. The number of rotatable bonds is 3. The second-order valence-corrected chi connectivity index (χ2v) is 9.35. The van der Waals surface area contributed by atoms with Crippen molar-refractivity contribution in [1.82, 2.24) is 14.8 Å². The zero-order valence-corrected chi connectivity index (χ0v) is 18.7. The molecule has 2 aliphatic rings. The van der Waals surface area contributed by atoms with Crippen LogP contribution in [0.5, 0.6) is 0 Å². The smallest absolute Gasteiger partial charge is 0.253 e. The van der Waals surface area contributed by atoms with Crippen LogP contribution in [0.25, 0.3) is 10.9 Å². The highest BCUT2D eigenvalue weighted by molar-refractivity contribution is 5.94. The van der Waals surface area contributed by atoms with Gasteiger partial charge in [0.15, 0.2) is 0 Å². The van der Waals surface area contributed by atoms with Gasteiger partial charge in [-0.3, -0.25) is 9.59 Å². The number of fused-ring (bicyclic) bond motifs is 1. The lowest BCUT2D eigenvalue weighted by molar-refractivity contribution is -0.138. The molecule has 2 aromatic carbocycles. The summed E-state index contributed by atoms with van der Waals surface area (Å²) in [4.78, 5) is 33.5. The molecule has 1 N–H and O–H groups in total. The quantitative estimate of drug-likeness (QED) is 0.654. The van der Waals surface area contributed by atoms with E-state index >= 15 is 0 Å². The third-order valence-corrected chi connectivity index (χ3v) is 7.22. The van der Waals surface area contributed by atoms with Crippen LogP contribution in [0, 0.1) is 12.8 Å². The van der Waals surface area contributed by atoms with Gasteiger partial charge >= 0.3 is 0 Å². The Morgan fingerprint density at radius 2 is 1.66 bits per heavy atom.